The monoisotopic (exact) mass is 196 g/mol. The molecule has 2 nitrogen and oxygen atoms in total. The molecule has 1 aliphatic carbocycles. The lowest BCUT2D eigenvalue weighted by Gasteiger charge is -2.28. The molecule has 0 bridgehead atoms. The number of rotatable bonds is 5. The van der Waals surface area contributed by atoms with Gasteiger partial charge < -0.3 is 4.90 Å². The first-order chi connectivity index (χ1) is 6.50. The SMILES string of the molecule is CC(C)CN(CC(C)C)C(=N)C1CC1. The van der Waals surface area contributed by atoms with E-state index in [0.29, 0.717) is 17.8 Å². The Morgan fingerprint density at radius 1 is 1.14 bits per heavy atom. The molecule has 1 fully saturated rings. The van der Waals surface area contributed by atoms with Crippen molar-refractivity contribution in [1.29, 1.82) is 5.41 Å². The third kappa shape index (κ3) is 3.69. The maximum Gasteiger partial charge on any atom is 0.0989 e. The highest BCUT2D eigenvalue weighted by atomic mass is 15.2. The van der Waals surface area contributed by atoms with Crippen LogP contribution in [-0.4, -0.2) is 23.8 Å². The van der Waals surface area contributed by atoms with Gasteiger partial charge in [-0.05, 0) is 24.7 Å². The minimum absolute atomic E-state index is 0.590. The fraction of sp³-hybridized carbons (Fsp3) is 0.917. The maximum absolute atomic E-state index is 8.08. The van der Waals surface area contributed by atoms with Crippen LogP contribution in [0, 0.1) is 23.2 Å². The van der Waals surface area contributed by atoms with Crippen LogP contribution < -0.4 is 0 Å². The van der Waals surface area contributed by atoms with Crippen LogP contribution in [0.3, 0.4) is 0 Å². The maximum atomic E-state index is 8.08. The van der Waals surface area contributed by atoms with Crippen molar-refractivity contribution in [1.82, 2.24) is 4.90 Å². The summed E-state index contributed by atoms with van der Waals surface area (Å²) in [4.78, 5) is 2.28. The Labute approximate surface area is 88.2 Å². The first-order valence-electron chi connectivity index (χ1n) is 5.84. The first kappa shape index (κ1) is 11.5. The van der Waals surface area contributed by atoms with Gasteiger partial charge in [0.05, 0.1) is 5.84 Å². The lowest BCUT2D eigenvalue weighted by atomic mass is 10.1. The number of nitrogens with one attached hydrogen (secondary N) is 1. The summed E-state index contributed by atoms with van der Waals surface area (Å²) in [6.07, 6.45) is 2.48. The summed E-state index contributed by atoms with van der Waals surface area (Å²) in [6, 6.07) is 0. The zero-order valence-corrected chi connectivity index (χ0v) is 10.0. The summed E-state index contributed by atoms with van der Waals surface area (Å²) in [5, 5.41) is 8.08. The molecule has 0 aliphatic heterocycles. The summed E-state index contributed by atoms with van der Waals surface area (Å²) < 4.78 is 0. The highest BCUT2D eigenvalue weighted by molar-refractivity contribution is 5.83. The minimum atomic E-state index is 0.590. The predicted octanol–water partition coefficient (Wildman–Crippen LogP) is 2.99. The molecule has 0 heterocycles. The van der Waals surface area contributed by atoms with E-state index in [1.807, 2.05) is 0 Å². The molecule has 0 unspecified atom stereocenters. The van der Waals surface area contributed by atoms with Gasteiger partial charge in [-0.25, -0.2) is 0 Å². The summed E-state index contributed by atoms with van der Waals surface area (Å²) in [7, 11) is 0. The molecular formula is C12H24N2. The second kappa shape index (κ2) is 4.81. The molecule has 82 valence electrons. The van der Waals surface area contributed by atoms with E-state index >= 15 is 0 Å². The van der Waals surface area contributed by atoms with E-state index in [1.54, 1.807) is 0 Å². The zero-order chi connectivity index (χ0) is 10.7. The second-order valence-electron chi connectivity index (χ2n) is 5.35. The topological polar surface area (TPSA) is 27.1 Å². The van der Waals surface area contributed by atoms with Gasteiger partial charge in [-0.1, -0.05) is 27.7 Å². The smallest absolute Gasteiger partial charge is 0.0989 e. The van der Waals surface area contributed by atoms with Gasteiger partial charge in [-0.3, -0.25) is 5.41 Å². The van der Waals surface area contributed by atoms with Crippen LogP contribution in [0.1, 0.15) is 40.5 Å². The van der Waals surface area contributed by atoms with Gasteiger partial charge in [0.2, 0.25) is 0 Å². The van der Waals surface area contributed by atoms with E-state index in [1.165, 1.54) is 12.8 Å². The van der Waals surface area contributed by atoms with Crippen LogP contribution in [0.2, 0.25) is 0 Å². The Bertz CT molecular complexity index is 182. The molecule has 0 aromatic carbocycles. The van der Waals surface area contributed by atoms with E-state index < -0.39 is 0 Å². The molecule has 0 radical (unpaired) electrons. The number of nitrogens with zero attached hydrogens (tertiary/aromatic N) is 1. The molecule has 0 atom stereocenters. The predicted molar refractivity (Wildman–Crippen MR) is 61.7 cm³/mol. The Balaban J connectivity index is 2.46. The summed E-state index contributed by atoms with van der Waals surface area (Å²) >= 11 is 0. The Hall–Kier alpha value is -0.530. The van der Waals surface area contributed by atoms with Gasteiger partial charge >= 0.3 is 0 Å². The van der Waals surface area contributed by atoms with Crippen molar-refractivity contribution >= 4 is 5.84 Å². The molecule has 1 aliphatic rings. The molecule has 0 spiro atoms. The van der Waals surface area contributed by atoms with E-state index in [-0.39, 0.29) is 0 Å². The van der Waals surface area contributed by atoms with Gasteiger partial charge in [-0.15, -0.1) is 0 Å². The van der Waals surface area contributed by atoms with Crippen LogP contribution in [0.15, 0.2) is 0 Å². The summed E-state index contributed by atoms with van der Waals surface area (Å²) in [6.45, 7) is 11.0. The number of hydrogen-bond acceptors (Lipinski definition) is 1. The fourth-order valence-corrected chi connectivity index (χ4v) is 1.77. The van der Waals surface area contributed by atoms with Crippen LogP contribution in [0.25, 0.3) is 0 Å². The van der Waals surface area contributed by atoms with Crippen LogP contribution >= 0.6 is 0 Å². The average Bonchev–Trinajstić information content (AvgIpc) is 2.82. The Morgan fingerprint density at radius 3 is 1.86 bits per heavy atom. The van der Waals surface area contributed by atoms with Crippen LogP contribution in [0.5, 0.6) is 0 Å². The van der Waals surface area contributed by atoms with E-state index in [9.17, 15) is 0 Å². The van der Waals surface area contributed by atoms with Crippen LogP contribution in [-0.2, 0) is 0 Å². The van der Waals surface area contributed by atoms with Gasteiger partial charge in [0, 0.05) is 19.0 Å². The summed E-state index contributed by atoms with van der Waals surface area (Å²) in [5.74, 6) is 2.81. The molecule has 0 amide bonds. The third-order valence-electron chi connectivity index (χ3n) is 2.48. The van der Waals surface area contributed by atoms with Gasteiger partial charge in [0.1, 0.15) is 0 Å². The molecule has 1 rings (SSSR count). The normalized spacial score (nSPS) is 16.4. The van der Waals surface area contributed by atoms with Crippen molar-refractivity contribution in [2.24, 2.45) is 17.8 Å². The first-order valence-corrected chi connectivity index (χ1v) is 5.84. The van der Waals surface area contributed by atoms with Crippen molar-refractivity contribution in [2.45, 2.75) is 40.5 Å². The minimum Gasteiger partial charge on any atom is -0.360 e. The Kier molecular flexibility index (Phi) is 3.97. The molecule has 2 heteroatoms. The van der Waals surface area contributed by atoms with Crippen LogP contribution in [0.4, 0.5) is 0 Å². The summed E-state index contributed by atoms with van der Waals surface area (Å²) in [5.41, 5.74) is 0. The van der Waals surface area contributed by atoms with Gasteiger partial charge in [0.15, 0.2) is 0 Å². The van der Waals surface area contributed by atoms with E-state index in [0.717, 1.165) is 18.9 Å². The zero-order valence-electron chi connectivity index (χ0n) is 10.0. The lowest BCUT2D eigenvalue weighted by molar-refractivity contribution is 0.319. The molecular weight excluding hydrogens is 172 g/mol. The molecule has 14 heavy (non-hydrogen) atoms. The standard InChI is InChI=1S/C12H24N2/c1-9(2)7-14(8-10(3)4)12(13)11-5-6-11/h9-11,13H,5-8H2,1-4H3. The second-order valence-corrected chi connectivity index (χ2v) is 5.35. The van der Waals surface area contributed by atoms with Gasteiger partial charge in [0.25, 0.3) is 0 Å². The molecule has 0 saturated heterocycles. The molecule has 0 aromatic heterocycles. The quantitative estimate of drug-likeness (QED) is 0.531. The van der Waals surface area contributed by atoms with Gasteiger partial charge in [-0.2, -0.15) is 0 Å². The molecule has 1 N–H and O–H groups in total. The third-order valence-corrected chi connectivity index (χ3v) is 2.48. The lowest BCUT2D eigenvalue weighted by Crippen LogP contribution is -2.37. The highest BCUT2D eigenvalue weighted by Crippen LogP contribution is 2.31. The largest absolute Gasteiger partial charge is 0.360 e. The van der Waals surface area contributed by atoms with Crippen molar-refractivity contribution < 1.29 is 0 Å². The molecule has 1 saturated carbocycles. The fourth-order valence-electron chi connectivity index (χ4n) is 1.77. The van der Waals surface area contributed by atoms with E-state index in [4.69, 9.17) is 5.41 Å². The average molecular weight is 196 g/mol. The van der Waals surface area contributed by atoms with Crippen molar-refractivity contribution in [3.8, 4) is 0 Å². The number of hydrogen-bond donors (Lipinski definition) is 1. The Morgan fingerprint density at radius 2 is 1.57 bits per heavy atom. The van der Waals surface area contributed by atoms with Crippen molar-refractivity contribution in [3.05, 3.63) is 0 Å². The number of amidine groups is 1. The highest BCUT2D eigenvalue weighted by Gasteiger charge is 2.30. The molecule has 0 aromatic rings. The van der Waals surface area contributed by atoms with Crippen molar-refractivity contribution in [3.63, 3.8) is 0 Å². The van der Waals surface area contributed by atoms with Crippen molar-refractivity contribution in [2.75, 3.05) is 13.1 Å². The van der Waals surface area contributed by atoms with E-state index in [2.05, 4.69) is 32.6 Å².